The van der Waals surface area contributed by atoms with Crippen LogP contribution in [0, 0.1) is 30.3 Å². The molecule has 0 unspecified atom stereocenters. The quantitative estimate of drug-likeness (QED) is 0.313. The van der Waals surface area contributed by atoms with Gasteiger partial charge in [-0.1, -0.05) is 23.2 Å². The van der Waals surface area contributed by atoms with Gasteiger partial charge in [0.25, 0.3) is 28.9 Å². The maximum Gasteiger partial charge on any atom is 0.292 e. The molecule has 2 amide bonds. The number of non-ortho nitro benzene ring substituents is 2. The molecule has 0 saturated carbocycles. The van der Waals surface area contributed by atoms with Crippen LogP contribution < -0.4 is 10.6 Å². The van der Waals surface area contributed by atoms with Gasteiger partial charge in [-0.15, -0.1) is 0 Å². The molecule has 2 N–H and O–H groups in total. The van der Waals surface area contributed by atoms with Gasteiger partial charge >= 0.3 is 0 Å². The van der Waals surface area contributed by atoms with Crippen molar-refractivity contribution in [2.45, 2.75) is 0 Å². The number of benzene rings is 3. The van der Waals surface area contributed by atoms with Gasteiger partial charge < -0.3 is 10.6 Å². The van der Waals surface area contributed by atoms with Crippen LogP contribution in [0.5, 0.6) is 0 Å². The van der Waals surface area contributed by atoms with E-state index in [1.165, 1.54) is 6.07 Å². The normalized spacial score (nSPS) is 10.3. The van der Waals surface area contributed by atoms with Crippen molar-refractivity contribution < 1.29 is 24.4 Å². The Bertz CT molecular complexity index is 1410. The number of nitrogens with one attached hydrogen (secondary N) is 2. The second-order valence-corrected chi connectivity index (χ2v) is 7.55. The summed E-state index contributed by atoms with van der Waals surface area (Å²) in [5, 5.41) is 37.8. The van der Waals surface area contributed by atoms with Crippen LogP contribution in [0.15, 0.2) is 54.6 Å². The lowest BCUT2D eigenvalue weighted by Crippen LogP contribution is -2.16. The van der Waals surface area contributed by atoms with Crippen molar-refractivity contribution in [1.82, 2.24) is 0 Å². The number of halogens is 2. The zero-order valence-electron chi connectivity index (χ0n) is 17.1. The van der Waals surface area contributed by atoms with Gasteiger partial charge in [-0.3, -0.25) is 39.9 Å². The smallest absolute Gasteiger partial charge is 0.292 e. The lowest BCUT2D eigenvalue weighted by Gasteiger charge is -2.11. The average molecular weight is 520 g/mol. The minimum Gasteiger partial charge on any atom is -0.322 e. The predicted molar refractivity (Wildman–Crippen MR) is 125 cm³/mol. The van der Waals surface area contributed by atoms with Gasteiger partial charge in [-0.25, -0.2) is 0 Å². The first-order valence-electron chi connectivity index (χ1n) is 9.27. The molecule has 3 aromatic carbocycles. The van der Waals surface area contributed by atoms with Crippen molar-refractivity contribution in [2.24, 2.45) is 0 Å². The maximum absolute atomic E-state index is 12.7. The fourth-order valence-corrected chi connectivity index (χ4v) is 3.27. The fourth-order valence-electron chi connectivity index (χ4n) is 2.86. The van der Waals surface area contributed by atoms with E-state index in [4.69, 9.17) is 23.2 Å². The third kappa shape index (κ3) is 5.66. The Morgan fingerprint density at radius 1 is 0.657 bits per heavy atom. The standard InChI is InChI=1S/C20H11Cl2N5O8/c21-15-4-2-11(25(30)31)8-13(15)19(28)23-10-1-6-18(27(34)35)17(7-10)24-20(29)14-9-12(26(32)33)3-5-16(14)22/h1-9H,(H,23,28)(H,24,29). The number of amides is 2. The highest BCUT2D eigenvalue weighted by Gasteiger charge is 2.22. The Hall–Kier alpha value is -4.62. The lowest BCUT2D eigenvalue weighted by molar-refractivity contribution is -0.385. The molecule has 0 heterocycles. The van der Waals surface area contributed by atoms with Crippen LogP contribution in [0.25, 0.3) is 0 Å². The summed E-state index contributed by atoms with van der Waals surface area (Å²) in [6.07, 6.45) is 0. The van der Waals surface area contributed by atoms with E-state index >= 15 is 0 Å². The van der Waals surface area contributed by atoms with E-state index in [1.54, 1.807) is 0 Å². The van der Waals surface area contributed by atoms with Crippen LogP contribution in [0.4, 0.5) is 28.4 Å². The number of hydrogen-bond acceptors (Lipinski definition) is 8. The molecule has 178 valence electrons. The monoisotopic (exact) mass is 519 g/mol. The number of carbonyl (C=O) groups is 2. The third-order valence-corrected chi connectivity index (χ3v) is 5.17. The first-order valence-corrected chi connectivity index (χ1v) is 10.0. The van der Waals surface area contributed by atoms with Gasteiger partial charge in [0.1, 0.15) is 5.69 Å². The van der Waals surface area contributed by atoms with Crippen LogP contribution in [0.2, 0.25) is 10.0 Å². The SMILES string of the molecule is O=C(Nc1ccc([N+](=O)[O-])c(NC(=O)c2cc([N+](=O)[O-])ccc2Cl)c1)c1cc([N+](=O)[O-])ccc1Cl. The zero-order chi connectivity index (χ0) is 25.9. The summed E-state index contributed by atoms with van der Waals surface area (Å²) >= 11 is 11.9. The minimum absolute atomic E-state index is 0.0244. The number of anilines is 2. The Kier molecular flexibility index (Phi) is 7.22. The second-order valence-electron chi connectivity index (χ2n) is 6.74. The molecule has 0 fully saturated rings. The fraction of sp³-hybridized carbons (Fsp3) is 0. The molecule has 0 atom stereocenters. The molecule has 3 aromatic rings. The van der Waals surface area contributed by atoms with Crippen LogP contribution in [0.3, 0.4) is 0 Å². The van der Waals surface area contributed by atoms with Gasteiger partial charge in [-0.2, -0.15) is 0 Å². The first kappa shape index (κ1) is 25.0. The molecule has 0 aliphatic carbocycles. The molecule has 13 nitrogen and oxygen atoms in total. The van der Waals surface area contributed by atoms with Gasteiger partial charge in [0.2, 0.25) is 0 Å². The van der Waals surface area contributed by atoms with Gasteiger partial charge in [0, 0.05) is 36.0 Å². The van der Waals surface area contributed by atoms with E-state index in [1.807, 2.05) is 0 Å². The summed E-state index contributed by atoms with van der Waals surface area (Å²) in [6, 6.07) is 9.56. The van der Waals surface area contributed by atoms with Crippen molar-refractivity contribution in [3.05, 3.63) is 106 Å². The summed E-state index contributed by atoms with van der Waals surface area (Å²) in [5.41, 5.74) is -2.28. The van der Waals surface area contributed by atoms with Crippen LogP contribution in [-0.2, 0) is 0 Å². The minimum atomic E-state index is -0.980. The topological polar surface area (TPSA) is 188 Å². The molecule has 0 bridgehead atoms. The predicted octanol–water partition coefficient (Wildman–Crippen LogP) is 5.22. The van der Waals surface area contributed by atoms with E-state index in [0.717, 1.165) is 48.5 Å². The number of nitrogens with zero attached hydrogens (tertiary/aromatic N) is 3. The summed E-state index contributed by atoms with van der Waals surface area (Å²) in [5.74, 6) is -1.83. The summed E-state index contributed by atoms with van der Waals surface area (Å²) < 4.78 is 0. The molecule has 0 aliphatic rings. The third-order valence-electron chi connectivity index (χ3n) is 4.51. The molecule has 0 aromatic heterocycles. The maximum atomic E-state index is 12.7. The number of carbonyl (C=O) groups excluding carboxylic acids is 2. The number of hydrogen-bond donors (Lipinski definition) is 2. The number of nitro benzene ring substituents is 3. The average Bonchev–Trinajstić information content (AvgIpc) is 2.79. The van der Waals surface area contributed by atoms with Crippen molar-refractivity contribution >= 4 is 63.5 Å². The van der Waals surface area contributed by atoms with Gasteiger partial charge in [0.15, 0.2) is 0 Å². The van der Waals surface area contributed by atoms with Crippen LogP contribution in [-0.4, -0.2) is 26.6 Å². The van der Waals surface area contributed by atoms with Gasteiger partial charge in [-0.05, 0) is 24.3 Å². The summed E-state index contributed by atoms with van der Waals surface area (Å²) in [6.45, 7) is 0. The Morgan fingerprint density at radius 3 is 1.60 bits per heavy atom. The molecule has 35 heavy (non-hydrogen) atoms. The van der Waals surface area contributed by atoms with E-state index in [2.05, 4.69) is 10.6 Å². The summed E-state index contributed by atoms with van der Waals surface area (Å²) in [4.78, 5) is 56.4. The highest BCUT2D eigenvalue weighted by atomic mass is 35.5. The molecule has 0 radical (unpaired) electrons. The Balaban J connectivity index is 1.93. The second kappa shape index (κ2) is 10.1. The van der Waals surface area contributed by atoms with Crippen LogP contribution in [0.1, 0.15) is 20.7 Å². The Morgan fingerprint density at radius 2 is 1.14 bits per heavy atom. The zero-order valence-corrected chi connectivity index (χ0v) is 18.6. The van der Waals surface area contributed by atoms with E-state index in [-0.39, 0.29) is 38.2 Å². The number of rotatable bonds is 7. The highest BCUT2D eigenvalue weighted by molar-refractivity contribution is 6.35. The number of nitro groups is 3. The molecule has 0 spiro atoms. The molecular weight excluding hydrogens is 509 g/mol. The van der Waals surface area contributed by atoms with E-state index in [9.17, 15) is 39.9 Å². The van der Waals surface area contributed by atoms with E-state index in [0.29, 0.717) is 0 Å². The molecule has 0 saturated heterocycles. The summed E-state index contributed by atoms with van der Waals surface area (Å²) in [7, 11) is 0. The molecular formula is C20H11Cl2N5O8. The van der Waals surface area contributed by atoms with Gasteiger partial charge in [0.05, 0.1) is 35.9 Å². The largest absolute Gasteiger partial charge is 0.322 e. The van der Waals surface area contributed by atoms with Crippen molar-refractivity contribution in [3.63, 3.8) is 0 Å². The van der Waals surface area contributed by atoms with Crippen LogP contribution >= 0.6 is 23.2 Å². The van der Waals surface area contributed by atoms with Crippen molar-refractivity contribution in [2.75, 3.05) is 10.6 Å². The van der Waals surface area contributed by atoms with Crippen molar-refractivity contribution in [3.8, 4) is 0 Å². The lowest BCUT2D eigenvalue weighted by atomic mass is 10.1. The molecule has 0 aliphatic heterocycles. The molecule has 15 heteroatoms. The highest BCUT2D eigenvalue weighted by Crippen LogP contribution is 2.31. The Labute approximate surface area is 204 Å². The van der Waals surface area contributed by atoms with Crippen molar-refractivity contribution in [1.29, 1.82) is 0 Å². The first-order chi connectivity index (χ1) is 16.5. The van der Waals surface area contributed by atoms with E-state index < -0.39 is 38.0 Å². The molecule has 3 rings (SSSR count).